The highest BCUT2D eigenvalue weighted by Gasteiger charge is 2.17. The summed E-state index contributed by atoms with van der Waals surface area (Å²) in [6.45, 7) is 1.24. The van der Waals surface area contributed by atoms with E-state index in [9.17, 15) is 19.7 Å². The quantitative estimate of drug-likeness (QED) is 0.628. The van der Waals surface area contributed by atoms with Gasteiger partial charge in [0.1, 0.15) is 0 Å². The lowest BCUT2D eigenvalue weighted by molar-refractivity contribution is -0.384. The minimum Gasteiger partial charge on any atom is -0.274 e. The van der Waals surface area contributed by atoms with Gasteiger partial charge in [0.2, 0.25) is 5.91 Å². The molecule has 9 heteroatoms. The second-order valence-electron chi connectivity index (χ2n) is 3.60. The van der Waals surface area contributed by atoms with Crippen LogP contribution in [-0.2, 0) is 4.79 Å². The van der Waals surface area contributed by atoms with E-state index in [-0.39, 0.29) is 11.4 Å². The van der Waals surface area contributed by atoms with Gasteiger partial charge in [-0.2, -0.15) is 4.37 Å². The van der Waals surface area contributed by atoms with Gasteiger partial charge in [-0.05, 0) is 17.6 Å². The first-order chi connectivity index (χ1) is 8.99. The molecule has 2 aromatic rings. The molecule has 0 fully saturated rings. The Labute approximate surface area is 110 Å². The second kappa shape index (κ2) is 4.98. The van der Waals surface area contributed by atoms with Crippen LogP contribution in [-0.4, -0.2) is 21.1 Å². The number of carbonyl (C=O) groups excluding carboxylic acids is 2. The van der Waals surface area contributed by atoms with Crippen molar-refractivity contribution in [1.29, 1.82) is 0 Å². The number of nitrogens with one attached hydrogen (secondary N) is 2. The maximum atomic E-state index is 11.8. The molecule has 0 aliphatic rings. The predicted molar refractivity (Wildman–Crippen MR) is 67.6 cm³/mol. The number of non-ortho nitro benzene ring substituents is 1. The Balaban J connectivity index is 2.37. The number of hydrogen-bond donors (Lipinski definition) is 2. The van der Waals surface area contributed by atoms with Crippen LogP contribution in [0.15, 0.2) is 18.2 Å². The lowest BCUT2D eigenvalue weighted by Gasteiger charge is -2.02. The van der Waals surface area contributed by atoms with Crippen LogP contribution < -0.4 is 10.9 Å². The predicted octanol–water partition coefficient (Wildman–Crippen LogP) is 0.985. The van der Waals surface area contributed by atoms with Crippen molar-refractivity contribution < 1.29 is 14.5 Å². The molecule has 1 aromatic heterocycles. The van der Waals surface area contributed by atoms with Gasteiger partial charge in [-0.25, -0.2) is 0 Å². The minimum atomic E-state index is -0.623. The molecule has 2 N–H and O–H groups in total. The zero-order chi connectivity index (χ0) is 14.0. The van der Waals surface area contributed by atoms with Crippen LogP contribution in [0.1, 0.15) is 17.4 Å². The molecular weight excluding hydrogens is 272 g/mol. The number of hydrazine groups is 1. The molecule has 0 aliphatic carbocycles. The molecule has 1 aromatic carbocycles. The number of aromatic nitrogens is 1. The second-order valence-corrected chi connectivity index (χ2v) is 4.41. The Morgan fingerprint density at radius 2 is 2.11 bits per heavy atom. The fourth-order valence-corrected chi connectivity index (χ4v) is 2.16. The molecule has 0 saturated carbocycles. The van der Waals surface area contributed by atoms with E-state index in [4.69, 9.17) is 0 Å². The molecule has 0 unspecified atom stereocenters. The lowest BCUT2D eigenvalue weighted by atomic mass is 10.2. The number of amides is 2. The molecule has 0 spiro atoms. The van der Waals surface area contributed by atoms with Crippen LogP contribution in [0.4, 0.5) is 5.69 Å². The molecule has 0 atom stereocenters. The van der Waals surface area contributed by atoms with E-state index in [1.165, 1.54) is 25.1 Å². The van der Waals surface area contributed by atoms with Gasteiger partial charge in [0.15, 0.2) is 5.69 Å². The van der Waals surface area contributed by atoms with E-state index in [0.29, 0.717) is 10.1 Å². The Morgan fingerprint density at radius 1 is 1.37 bits per heavy atom. The number of benzene rings is 1. The van der Waals surface area contributed by atoms with Crippen molar-refractivity contribution in [2.75, 3.05) is 0 Å². The molecule has 98 valence electrons. The average Bonchev–Trinajstić information content (AvgIpc) is 2.78. The summed E-state index contributed by atoms with van der Waals surface area (Å²) in [4.78, 5) is 32.6. The third kappa shape index (κ3) is 2.65. The summed E-state index contributed by atoms with van der Waals surface area (Å²) in [5, 5.41) is 11.1. The summed E-state index contributed by atoms with van der Waals surface area (Å²) in [5.74, 6) is -1.05. The highest BCUT2D eigenvalue weighted by molar-refractivity contribution is 7.13. The fourth-order valence-electron chi connectivity index (χ4n) is 1.41. The highest BCUT2D eigenvalue weighted by Crippen LogP contribution is 2.26. The summed E-state index contributed by atoms with van der Waals surface area (Å²) in [5.41, 5.74) is 4.20. The Kier molecular flexibility index (Phi) is 3.38. The summed E-state index contributed by atoms with van der Waals surface area (Å²) in [6, 6.07) is 4.15. The number of rotatable bonds is 2. The molecule has 0 radical (unpaired) electrons. The summed E-state index contributed by atoms with van der Waals surface area (Å²) < 4.78 is 4.58. The molecule has 0 aliphatic heterocycles. The molecule has 1 heterocycles. The molecule has 2 rings (SSSR count). The SMILES string of the molecule is CC(=O)NNC(=O)c1nsc2ccc([N+](=O)[O-])cc12. The van der Waals surface area contributed by atoms with Crippen molar-refractivity contribution in [1.82, 2.24) is 15.2 Å². The summed E-state index contributed by atoms with van der Waals surface area (Å²) in [6.07, 6.45) is 0. The van der Waals surface area contributed by atoms with Crippen molar-refractivity contribution in [3.05, 3.63) is 34.0 Å². The Bertz CT molecular complexity index is 681. The van der Waals surface area contributed by atoms with Crippen molar-refractivity contribution in [3.8, 4) is 0 Å². The van der Waals surface area contributed by atoms with Crippen LogP contribution in [0.2, 0.25) is 0 Å². The van der Waals surface area contributed by atoms with Gasteiger partial charge >= 0.3 is 0 Å². The normalized spacial score (nSPS) is 10.2. The average molecular weight is 280 g/mol. The van der Waals surface area contributed by atoms with Crippen molar-refractivity contribution in [2.24, 2.45) is 0 Å². The minimum absolute atomic E-state index is 0.0393. The van der Waals surface area contributed by atoms with Gasteiger partial charge in [0, 0.05) is 24.4 Å². The lowest BCUT2D eigenvalue weighted by Crippen LogP contribution is -2.40. The first-order valence-electron chi connectivity index (χ1n) is 5.10. The molecule has 2 amide bonds. The van der Waals surface area contributed by atoms with Gasteiger partial charge < -0.3 is 0 Å². The molecular formula is C10H8N4O4S. The number of nitrogens with zero attached hydrogens (tertiary/aromatic N) is 2. The van der Waals surface area contributed by atoms with E-state index in [0.717, 1.165) is 11.5 Å². The summed E-state index contributed by atoms with van der Waals surface area (Å²) in [7, 11) is 0. The summed E-state index contributed by atoms with van der Waals surface area (Å²) >= 11 is 1.05. The number of hydrogen-bond acceptors (Lipinski definition) is 6. The maximum absolute atomic E-state index is 11.8. The first kappa shape index (κ1) is 12.9. The molecule has 8 nitrogen and oxygen atoms in total. The zero-order valence-electron chi connectivity index (χ0n) is 9.67. The van der Waals surface area contributed by atoms with Crippen LogP contribution in [0.5, 0.6) is 0 Å². The van der Waals surface area contributed by atoms with Gasteiger partial charge in [0.25, 0.3) is 11.6 Å². The van der Waals surface area contributed by atoms with E-state index >= 15 is 0 Å². The van der Waals surface area contributed by atoms with Gasteiger partial charge in [-0.1, -0.05) is 0 Å². The zero-order valence-corrected chi connectivity index (χ0v) is 10.5. The Morgan fingerprint density at radius 3 is 2.74 bits per heavy atom. The topological polar surface area (TPSA) is 114 Å². The van der Waals surface area contributed by atoms with Crippen molar-refractivity contribution in [3.63, 3.8) is 0 Å². The number of nitro benzene ring substituents is 1. The largest absolute Gasteiger partial charge is 0.290 e. The smallest absolute Gasteiger partial charge is 0.274 e. The van der Waals surface area contributed by atoms with Crippen molar-refractivity contribution >= 4 is 39.1 Å². The van der Waals surface area contributed by atoms with E-state index in [1.54, 1.807) is 0 Å². The van der Waals surface area contributed by atoms with Crippen molar-refractivity contribution in [2.45, 2.75) is 6.92 Å². The third-order valence-electron chi connectivity index (χ3n) is 2.23. The van der Waals surface area contributed by atoms with E-state index in [1.807, 2.05) is 0 Å². The molecule has 19 heavy (non-hydrogen) atoms. The first-order valence-corrected chi connectivity index (χ1v) is 5.87. The fraction of sp³-hybridized carbons (Fsp3) is 0.100. The van der Waals surface area contributed by atoms with E-state index in [2.05, 4.69) is 15.2 Å². The van der Waals surface area contributed by atoms with Crippen LogP contribution in [0.3, 0.4) is 0 Å². The molecule has 0 saturated heterocycles. The maximum Gasteiger partial charge on any atom is 0.290 e. The van der Waals surface area contributed by atoms with Crippen LogP contribution in [0, 0.1) is 10.1 Å². The highest BCUT2D eigenvalue weighted by atomic mass is 32.1. The Hall–Kier alpha value is -2.55. The monoisotopic (exact) mass is 280 g/mol. The van der Waals surface area contributed by atoms with E-state index < -0.39 is 16.7 Å². The molecule has 0 bridgehead atoms. The standard InChI is InChI=1S/C10H8N4O4S/c1-5(15)11-12-10(16)9-7-4-6(14(17)18)2-3-8(7)19-13-9/h2-4H,1H3,(H,11,15)(H,12,16). The third-order valence-corrected chi connectivity index (χ3v) is 3.06. The van der Waals surface area contributed by atoms with Crippen LogP contribution in [0.25, 0.3) is 10.1 Å². The number of nitro groups is 1. The number of carbonyl (C=O) groups is 2. The van der Waals surface area contributed by atoms with Crippen LogP contribution >= 0.6 is 11.5 Å². The van der Waals surface area contributed by atoms with Gasteiger partial charge in [-0.3, -0.25) is 30.6 Å². The van der Waals surface area contributed by atoms with Gasteiger partial charge in [0.05, 0.1) is 9.62 Å². The van der Waals surface area contributed by atoms with Gasteiger partial charge in [-0.15, -0.1) is 0 Å². The number of fused-ring (bicyclic) bond motifs is 1.